The number of non-ortho nitro benzene ring substituents is 1. The second-order valence-corrected chi connectivity index (χ2v) is 8.27. The number of nitrogens with zero attached hydrogens (tertiary/aromatic N) is 3. The van der Waals surface area contributed by atoms with Gasteiger partial charge >= 0.3 is 6.01 Å². The lowest BCUT2D eigenvalue weighted by atomic mass is 10.2. The fourth-order valence-electron chi connectivity index (χ4n) is 2.63. The number of aromatic nitrogens is 2. The van der Waals surface area contributed by atoms with Crippen molar-refractivity contribution in [1.82, 2.24) is 9.97 Å². The molecule has 12 nitrogen and oxygen atoms in total. The first kappa shape index (κ1) is 24.1. The number of methoxy groups -OCH3 is 2. The van der Waals surface area contributed by atoms with Crippen LogP contribution in [0, 0.1) is 10.1 Å². The van der Waals surface area contributed by atoms with Gasteiger partial charge in [0.1, 0.15) is 0 Å². The lowest BCUT2D eigenvalue weighted by molar-refractivity contribution is -0.384. The maximum atomic E-state index is 12.7. The van der Waals surface area contributed by atoms with E-state index in [9.17, 15) is 23.3 Å². The van der Waals surface area contributed by atoms with Gasteiger partial charge in [-0.2, -0.15) is 9.97 Å². The lowest BCUT2D eigenvalue weighted by Crippen LogP contribution is -2.15. The zero-order valence-corrected chi connectivity index (χ0v) is 18.8. The van der Waals surface area contributed by atoms with Gasteiger partial charge in [-0.05, 0) is 48.0 Å². The van der Waals surface area contributed by atoms with Gasteiger partial charge in [0.05, 0.1) is 24.0 Å². The first-order chi connectivity index (χ1) is 16.2. The Balaban J connectivity index is 1.65. The summed E-state index contributed by atoms with van der Waals surface area (Å²) in [6.45, 7) is 0. The van der Waals surface area contributed by atoms with Crippen LogP contribution in [0.25, 0.3) is 6.08 Å². The monoisotopic (exact) mass is 485 g/mol. The van der Waals surface area contributed by atoms with E-state index in [2.05, 4.69) is 20.0 Å². The molecule has 1 aromatic heterocycles. The molecule has 0 aliphatic rings. The highest BCUT2D eigenvalue weighted by atomic mass is 32.2. The van der Waals surface area contributed by atoms with Gasteiger partial charge in [-0.1, -0.05) is 0 Å². The molecule has 13 heteroatoms. The van der Waals surface area contributed by atoms with Crippen LogP contribution in [-0.4, -0.2) is 43.4 Å². The van der Waals surface area contributed by atoms with Crippen LogP contribution in [0.1, 0.15) is 5.56 Å². The van der Waals surface area contributed by atoms with Gasteiger partial charge in [0.15, 0.2) is 5.82 Å². The van der Waals surface area contributed by atoms with Crippen molar-refractivity contribution in [3.8, 4) is 11.9 Å². The van der Waals surface area contributed by atoms with E-state index in [-0.39, 0.29) is 28.3 Å². The highest BCUT2D eigenvalue weighted by Crippen LogP contribution is 2.21. The van der Waals surface area contributed by atoms with Crippen LogP contribution in [0.4, 0.5) is 17.2 Å². The second-order valence-electron chi connectivity index (χ2n) is 6.58. The van der Waals surface area contributed by atoms with E-state index in [0.29, 0.717) is 11.3 Å². The maximum Gasteiger partial charge on any atom is 0.321 e. The Morgan fingerprint density at radius 1 is 1.03 bits per heavy atom. The normalized spacial score (nSPS) is 11.1. The van der Waals surface area contributed by atoms with Crippen molar-refractivity contribution < 1.29 is 27.6 Å². The largest absolute Gasteiger partial charge is 0.481 e. The molecule has 3 rings (SSSR count). The van der Waals surface area contributed by atoms with Crippen LogP contribution in [0.5, 0.6) is 11.9 Å². The van der Waals surface area contributed by atoms with Gasteiger partial charge in [0, 0.05) is 30.0 Å². The third-order valence-electron chi connectivity index (χ3n) is 4.28. The van der Waals surface area contributed by atoms with Crippen LogP contribution in [0.15, 0.2) is 65.6 Å². The predicted octanol–water partition coefficient (Wildman–Crippen LogP) is 2.85. The topological polar surface area (TPSA) is 163 Å². The minimum atomic E-state index is -3.99. The number of amides is 1. The Bertz CT molecular complexity index is 1300. The summed E-state index contributed by atoms with van der Waals surface area (Å²) in [7, 11) is -1.29. The number of carbonyl (C=O) groups excluding carboxylic acids is 1. The number of rotatable bonds is 9. The highest BCUT2D eigenvalue weighted by molar-refractivity contribution is 7.92. The molecule has 34 heavy (non-hydrogen) atoms. The Morgan fingerprint density at radius 2 is 1.71 bits per heavy atom. The zero-order valence-electron chi connectivity index (χ0n) is 18.0. The molecule has 0 fully saturated rings. The van der Waals surface area contributed by atoms with Crippen molar-refractivity contribution >= 4 is 39.2 Å². The third kappa shape index (κ3) is 6.26. The molecule has 2 N–H and O–H groups in total. The Kier molecular flexibility index (Phi) is 7.38. The molecule has 176 valence electrons. The predicted molar refractivity (Wildman–Crippen MR) is 123 cm³/mol. The molecule has 0 aliphatic carbocycles. The molecule has 0 unspecified atom stereocenters. The van der Waals surface area contributed by atoms with Crippen LogP contribution < -0.4 is 19.5 Å². The number of benzene rings is 2. The van der Waals surface area contributed by atoms with Crippen molar-refractivity contribution in [3.63, 3.8) is 0 Å². The SMILES string of the molecule is COc1cc(NS(=O)(=O)c2ccc(NC(=O)C=Cc3ccc([N+](=O)[O-])cc3)cc2)nc(OC)n1. The Morgan fingerprint density at radius 3 is 2.29 bits per heavy atom. The van der Waals surface area contributed by atoms with Crippen LogP contribution in [0.3, 0.4) is 0 Å². The molecule has 1 amide bonds. The van der Waals surface area contributed by atoms with E-state index in [4.69, 9.17) is 9.47 Å². The number of sulfonamides is 1. The quantitative estimate of drug-likeness (QED) is 0.263. The Hall–Kier alpha value is -4.52. The van der Waals surface area contributed by atoms with E-state index in [0.717, 1.165) is 0 Å². The molecule has 3 aromatic rings. The molecule has 0 spiro atoms. The summed E-state index contributed by atoms with van der Waals surface area (Å²) in [6, 6.07) is 12.4. The minimum absolute atomic E-state index is 0.0440. The van der Waals surface area contributed by atoms with Crippen molar-refractivity contribution in [1.29, 1.82) is 0 Å². The number of hydrogen-bond donors (Lipinski definition) is 2. The van der Waals surface area contributed by atoms with Crippen molar-refractivity contribution in [2.45, 2.75) is 4.90 Å². The molecular weight excluding hydrogens is 466 g/mol. The summed E-state index contributed by atoms with van der Waals surface area (Å²) in [5.74, 6) is -0.394. The van der Waals surface area contributed by atoms with E-state index in [1.54, 1.807) is 0 Å². The molecule has 0 bridgehead atoms. The Labute approximate surface area is 194 Å². The zero-order chi connectivity index (χ0) is 24.7. The number of nitrogens with one attached hydrogen (secondary N) is 2. The second kappa shape index (κ2) is 10.4. The summed E-state index contributed by atoms with van der Waals surface area (Å²) in [5, 5.41) is 13.3. The maximum absolute atomic E-state index is 12.7. The molecule has 0 saturated carbocycles. The lowest BCUT2D eigenvalue weighted by Gasteiger charge is -2.10. The third-order valence-corrected chi connectivity index (χ3v) is 5.65. The van der Waals surface area contributed by atoms with Crippen molar-refractivity contribution in [2.24, 2.45) is 0 Å². The van der Waals surface area contributed by atoms with Gasteiger partial charge < -0.3 is 14.8 Å². The summed E-state index contributed by atoms with van der Waals surface area (Å²) in [6.07, 6.45) is 2.75. The van der Waals surface area contributed by atoms with Crippen LogP contribution in [0.2, 0.25) is 0 Å². The molecule has 0 atom stereocenters. The number of anilines is 2. The summed E-state index contributed by atoms with van der Waals surface area (Å²) >= 11 is 0. The number of hydrogen-bond acceptors (Lipinski definition) is 9. The number of nitro groups is 1. The smallest absolute Gasteiger partial charge is 0.321 e. The van der Waals surface area contributed by atoms with Gasteiger partial charge in [0.25, 0.3) is 15.7 Å². The molecular formula is C21H19N5O7S. The molecule has 0 radical (unpaired) electrons. The van der Waals surface area contributed by atoms with E-state index >= 15 is 0 Å². The first-order valence-electron chi connectivity index (χ1n) is 9.53. The van der Waals surface area contributed by atoms with Crippen molar-refractivity contribution in [3.05, 3.63) is 76.4 Å². The molecule has 2 aromatic carbocycles. The highest BCUT2D eigenvalue weighted by Gasteiger charge is 2.17. The molecule has 0 aliphatic heterocycles. The van der Waals surface area contributed by atoms with E-state index < -0.39 is 20.9 Å². The average molecular weight is 485 g/mol. The summed E-state index contributed by atoms with van der Waals surface area (Å²) in [5.41, 5.74) is 0.915. The van der Waals surface area contributed by atoms with Gasteiger partial charge in [-0.25, -0.2) is 8.42 Å². The van der Waals surface area contributed by atoms with Crippen LogP contribution in [-0.2, 0) is 14.8 Å². The van der Waals surface area contributed by atoms with Gasteiger partial charge in [0.2, 0.25) is 11.8 Å². The standard InChI is InChI=1S/C21H19N5O7S/c1-32-20-13-18(23-21(24-20)33-2)25-34(30,31)17-10-6-15(7-11-17)22-19(27)12-5-14-3-8-16(9-4-14)26(28)29/h3-13H,1-2H3,(H,22,27)(H,23,24,25). The number of ether oxygens (including phenoxy) is 2. The number of nitro benzene ring substituents is 1. The molecule has 0 saturated heterocycles. The van der Waals surface area contributed by atoms with E-state index in [1.807, 2.05) is 0 Å². The van der Waals surface area contributed by atoms with E-state index in [1.165, 1.54) is 81.0 Å². The first-order valence-corrected chi connectivity index (χ1v) is 11.0. The fourth-order valence-corrected chi connectivity index (χ4v) is 3.62. The van der Waals surface area contributed by atoms with Crippen molar-refractivity contribution in [2.75, 3.05) is 24.3 Å². The number of carbonyl (C=O) groups is 1. The minimum Gasteiger partial charge on any atom is -0.481 e. The molecule has 1 heterocycles. The average Bonchev–Trinajstić information content (AvgIpc) is 2.82. The summed E-state index contributed by atoms with van der Waals surface area (Å²) in [4.78, 5) is 30.0. The van der Waals surface area contributed by atoms with Gasteiger partial charge in [-0.3, -0.25) is 19.6 Å². The fraction of sp³-hybridized carbons (Fsp3) is 0.0952. The van der Waals surface area contributed by atoms with Crippen LogP contribution >= 0.6 is 0 Å². The van der Waals surface area contributed by atoms with Gasteiger partial charge in [-0.15, -0.1) is 0 Å². The summed E-state index contributed by atoms with van der Waals surface area (Å²) < 4.78 is 37.6.